The third kappa shape index (κ3) is 3.93. The van der Waals surface area contributed by atoms with Crippen LogP contribution < -0.4 is 10.2 Å². The van der Waals surface area contributed by atoms with Gasteiger partial charge in [0.25, 0.3) is 11.8 Å². The zero-order valence-electron chi connectivity index (χ0n) is 18.0. The molecule has 2 aromatic rings. The van der Waals surface area contributed by atoms with Crippen LogP contribution in [0.3, 0.4) is 0 Å². The van der Waals surface area contributed by atoms with E-state index < -0.39 is 23.9 Å². The number of benzene rings is 2. The molecule has 1 fully saturated rings. The van der Waals surface area contributed by atoms with E-state index in [1.165, 1.54) is 5.01 Å². The summed E-state index contributed by atoms with van der Waals surface area (Å²) in [6, 6.07) is 11.3. The first-order valence-corrected chi connectivity index (χ1v) is 10.3. The summed E-state index contributed by atoms with van der Waals surface area (Å²) in [5.41, 5.74) is 4.37. The molecule has 3 amide bonds. The van der Waals surface area contributed by atoms with Crippen LogP contribution in [0.25, 0.3) is 0 Å². The Kier molecular flexibility index (Phi) is 5.31. The van der Waals surface area contributed by atoms with Crippen molar-refractivity contribution in [2.24, 2.45) is 10.3 Å². The molecule has 0 spiro atoms. The van der Waals surface area contributed by atoms with E-state index in [4.69, 9.17) is 0 Å². The zero-order valence-corrected chi connectivity index (χ0v) is 18.0. The number of anilines is 2. The van der Waals surface area contributed by atoms with Crippen LogP contribution in [0.2, 0.25) is 0 Å². The fourth-order valence-corrected chi connectivity index (χ4v) is 4.01. The first-order chi connectivity index (χ1) is 14.7. The van der Waals surface area contributed by atoms with E-state index in [0.29, 0.717) is 17.3 Å². The average Bonchev–Trinajstić information content (AvgIpc) is 3.21. The van der Waals surface area contributed by atoms with Crippen LogP contribution in [0.15, 0.2) is 52.8 Å². The molecular weight excluding hydrogens is 394 g/mol. The molecule has 4 rings (SSSR count). The van der Waals surface area contributed by atoms with Gasteiger partial charge in [0.05, 0.1) is 5.69 Å². The molecule has 2 atom stereocenters. The monoisotopic (exact) mass is 419 g/mol. The van der Waals surface area contributed by atoms with Crippen LogP contribution in [0, 0.1) is 13.8 Å². The molecule has 0 saturated carbocycles. The number of hydrogen-bond acceptors (Lipinski definition) is 6. The Morgan fingerprint density at radius 2 is 1.68 bits per heavy atom. The zero-order chi connectivity index (χ0) is 22.3. The van der Waals surface area contributed by atoms with Crippen molar-refractivity contribution < 1.29 is 14.4 Å². The molecule has 8 heteroatoms. The fraction of sp³-hybridized carbons (Fsp3) is 0.348. The summed E-state index contributed by atoms with van der Waals surface area (Å²) in [4.78, 5) is 39.6. The van der Waals surface area contributed by atoms with Gasteiger partial charge in [-0.3, -0.25) is 19.4 Å². The second-order valence-electron chi connectivity index (χ2n) is 8.37. The Morgan fingerprint density at radius 1 is 1.03 bits per heavy atom. The molecule has 0 bridgehead atoms. The minimum Gasteiger partial charge on any atom is -0.324 e. The molecule has 2 aromatic carbocycles. The normalized spacial score (nSPS) is 20.0. The van der Waals surface area contributed by atoms with Crippen LogP contribution in [0.1, 0.15) is 36.5 Å². The van der Waals surface area contributed by atoms with Gasteiger partial charge in [0.15, 0.2) is 12.1 Å². The highest BCUT2D eigenvalue weighted by molar-refractivity contribution is 6.25. The Hall–Kier alpha value is -3.55. The summed E-state index contributed by atoms with van der Waals surface area (Å²) >= 11 is 0. The number of rotatable bonds is 5. The molecule has 31 heavy (non-hydrogen) atoms. The lowest BCUT2D eigenvalue weighted by Crippen LogP contribution is -2.43. The third-order valence-corrected chi connectivity index (χ3v) is 5.49. The highest BCUT2D eigenvalue weighted by atomic mass is 16.2. The molecule has 2 unspecified atom stereocenters. The lowest BCUT2D eigenvalue weighted by molar-refractivity contribution is -0.123. The summed E-state index contributed by atoms with van der Waals surface area (Å²) in [6.45, 7) is 7.89. The summed E-state index contributed by atoms with van der Waals surface area (Å²) in [7, 11) is 0. The van der Waals surface area contributed by atoms with E-state index in [9.17, 15) is 14.4 Å². The van der Waals surface area contributed by atoms with Crippen LogP contribution in [0.5, 0.6) is 0 Å². The molecule has 2 aliphatic rings. The van der Waals surface area contributed by atoms with Gasteiger partial charge in [-0.1, -0.05) is 37.3 Å². The maximum atomic E-state index is 13.1. The Balaban J connectivity index is 1.48. The van der Waals surface area contributed by atoms with Gasteiger partial charge in [0, 0.05) is 5.69 Å². The second kappa shape index (κ2) is 7.94. The number of carbonyl (C=O) groups excluding carboxylic acids is 3. The van der Waals surface area contributed by atoms with Crippen molar-refractivity contribution in [1.29, 1.82) is 0 Å². The van der Waals surface area contributed by atoms with E-state index >= 15 is 0 Å². The van der Waals surface area contributed by atoms with E-state index in [0.717, 1.165) is 21.6 Å². The van der Waals surface area contributed by atoms with Crippen molar-refractivity contribution in [3.63, 3.8) is 0 Å². The van der Waals surface area contributed by atoms with Gasteiger partial charge in [-0.15, -0.1) is 0 Å². The maximum absolute atomic E-state index is 13.1. The second-order valence-corrected chi connectivity index (χ2v) is 8.37. The number of hydrogen-bond donors (Lipinski definition) is 1. The van der Waals surface area contributed by atoms with Crippen molar-refractivity contribution in [2.45, 2.75) is 45.7 Å². The first-order valence-electron chi connectivity index (χ1n) is 10.3. The SMILES string of the molecule is Cc1cc(C)cc(NC(=O)CN2N=NC3C(=O)N(c4ccc(C(C)C)cc4)C(=O)C32)c1. The van der Waals surface area contributed by atoms with Crippen molar-refractivity contribution in [3.05, 3.63) is 59.2 Å². The van der Waals surface area contributed by atoms with Crippen molar-refractivity contribution in [1.82, 2.24) is 5.01 Å². The highest BCUT2D eigenvalue weighted by Gasteiger charge is 2.55. The molecular formula is C23H25N5O3. The molecule has 160 valence electrons. The molecule has 0 aliphatic carbocycles. The number of nitrogens with one attached hydrogen (secondary N) is 1. The highest BCUT2D eigenvalue weighted by Crippen LogP contribution is 2.32. The Bertz CT molecular complexity index is 1060. The van der Waals surface area contributed by atoms with Gasteiger partial charge in [-0.2, -0.15) is 5.11 Å². The van der Waals surface area contributed by atoms with Gasteiger partial charge < -0.3 is 5.32 Å². The number of carbonyl (C=O) groups is 3. The fourth-order valence-electron chi connectivity index (χ4n) is 4.01. The van der Waals surface area contributed by atoms with Crippen LogP contribution in [-0.4, -0.2) is 41.4 Å². The number of aryl methyl sites for hydroxylation is 2. The predicted molar refractivity (Wildman–Crippen MR) is 117 cm³/mol. The van der Waals surface area contributed by atoms with E-state index in [1.54, 1.807) is 12.1 Å². The van der Waals surface area contributed by atoms with Gasteiger partial charge >= 0.3 is 0 Å². The molecule has 8 nitrogen and oxygen atoms in total. The smallest absolute Gasteiger partial charge is 0.263 e. The quantitative estimate of drug-likeness (QED) is 0.752. The minimum atomic E-state index is -0.925. The number of imide groups is 1. The molecule has 2 aliphatic heterocycles. The van der Waals surface area contributed by atoms with Crippen molar-refractivity contribution in [2.75, 3.05) is 16.8 Å². The summed E-state index contributed by atoms with van der Waals surface area (Å²) < 4.78 is 0. The minimum absolute atomic E-state index is 0.170. The number of fused-ring (bicyclic) bond motifs is 1. The number of amides is 3. The van der Waals surface area contributed by atoms with Gasteiger partial charge in [-0.05, 0) is 60.7 Å². The lowest BCUT2D eigenvalue weighted by atomic mass is 10.0. The van der Waals surface area contributed by atoms with Gasteiger partial charge in [0.2, 0.25) is 5.91 Å². The predicted octanol–water partition coefficient (Wildman–Crippen LogP) is 3.36. The van der Waals surface area contributed by atoms with E-state index in [2.05, 4.69) is 29.5 Å². The molecule has 0 radical (unpaired) electrons. The molecule has 1 saturated heterocycles. The number of nitrogens with zero attached hydrogens (tertiary/aromatic N) is 4. The molecule has 2 heterocycles. The van der Waals surface area contributed by atoms with E-state index in [1.807, 2.05) is 44.2 Å². The van der Waals surface area contributed by atoms with Crippen molar-refractivity contribution in [3.8, 4) is 0 Å². The summed E-state index contributed by atoms with van der Waals surface area (Å²) in [5.74, 6) is -0.826. The lowest BCUT2D eigenvalue weighted by Gasteiger charge is -2.20. The van der Waals surface area contributed by atoms with Gasteiger partial charge in [-0.25, -0.2) is 4.90 Å². The summed E-state index contributed by atoms with van der Waals surface area (Å²) in [5, 5.41) is 12.0. The van der Waals surface area contributed by atoms with Crippen molar-refractivity contribution >= 4 is 29.1 Å². The third-order valence-electron chi connectivity index (χ3n) is 5.49. The van der Waals surface area contributed by atoms with Crippen LogP contribution in [-0.2, 0) is 14.4 Å². The first kappa shape index (κ1) is 20.7. The standard InChI is InChI=1S/C23H25N5O3/c1-13(2)16-5-7-18(8-6-16)28-22(30)20-21(23(28)31)27(26-25-20)12-19(29)24-17-10-14(3)9-15(4)11-17/h5-11,13,20-21H,12H2,1-4H3,(H,24,29). The average molecular weight is 419 g/mol. The molecule has 1 N–H and O–H groups in total. The Labute approximate surface area is 180 Å². The van der Waals surface area contributed by atoms with E-state index in [-0.39, 0.29) is 12.5 Å². The largest absolute Gasteiger partial charge is 0.324 e. The maximum Gasteiger partial charge on any atom is 0.263 e. The topological polar surface area (TPSA) is 94.4 Å². The van der Waals surface area contributed by atoms with Crippen LogP contribution >= 0.6 is 0 Å². The van der Waals surface area contributed by atoms with Gasteiger partial charge in [0.1, 0.15) is 6.54 Å². The molecule has 0 aromatic heterocycles. The Morgan fingerprint density at radius 3 is 2.29 bits per heavy atom. The summed E-state index contributed by atoms with van der Waals surface area (Å²) in [6.07, 6.45) is 0. The van der Waals surface area contributed by atoms with Crippen LogP contribution in [0.4, 0.5) is 11.4 Å².